The zero-order valence-electron chi connectivity index (χ0n) is 18.6. The molecule has 0 saturated carbocycles. The second kappa shape index (κ2) is 10.8. The first-order valence-electron chi connectivity index (χ1n) is 10.8. The van der Waals surface area contributed by atoms with Crippen molar-refractivity contribution < 1.29 is 32.5 Å². The Kier molecular flexibility index (Phi) is 7.73. The van der Waals surface area contributed by atoms with Crippen molar-refractivity contribution in [3.63, 3.8) is 0 Å². The monoisotopic (exact) mass is 517 g/mol. The molecule has 2 atom stereocenters. The summed E-state index contributed by atoms with van der Waals surface area (Å²) in [6, 6.07) is 21.9. The quantitative estimate of drug-likeness (QED) is 0.427. The van der Waals surface area contributed by atoms with Gasteiger partial charge in [0, 0.05) is 11.4 Å². The lowest BCUT2D eigenvalue weighted by atomic mass is 9.93. The van der Waals surface area contributed by atoms with E-state index in [4.69, 9.17) is 25.8 Å². The number of carbonyl (C=O) groups is 1. The van der Waals surface area contributed by atoms with E-state index in [2.05, 4.69) is 4.72 Å². The third-order valence-electron chi connectivity index (χ3n) is 5.52. The molecule has 1 heterocycles. The Bertz CT molecular complexity index is 1240. The molecule has 1 saturated heterocycles. The van der Waals surface area contributed by atoms with Crippen LogP contribution in [-0.4, -0.2) is 37.9 Å². The van der Waals surface area contributed by atoms with E-state index in [1.165, 1.54) is 24.3 Å². The van der Waals surface area contributed by atoms with Crippen LogP contribution in [0.1, 0.15) is 18.4 Å². The fourth-order valence-corrected chi connectivity index (χ4v) is 5.09. The lowest BCUT2D eigenvalue weighted by Gasteiger charge is -2.36. The van der Waals surface area contributed by atoms with Gasteiger partial charge in [-0.3, -0.25) is 4.79 Å². The molecule has 2 N–H and O–H groups in total. The lowest BCUT2D eigenvalue weighted by Crippen LogP contribution is -2.60. The third-order valence-corrected chi connectivity index (χ3v) is 7.33. The van der Waals surface area contributed by atoms with Gasteiger partial charge in [-0.15, -0.1) is 0 Å². The van der Waals surface area contributed by atoms with Gasteiger partial charge in [0.05, 0.1) is 18.1 Å². The van der Waals surface area contributed by atoms with Crippen molar-refractivity contribution in [1.29, 1.82) is 0 Å². The molecule has 2 unspecified atom stereocenters. The normalized spacial score (nSPS) is 20.3. The molecular formula is C25H24ClNO7S. The number of nitrogens with one attached hydrogen (secondary N) is 1. The highest BCUT2D eigenvalue weighted by Crippen LogP contribution is 2.28. The zero-order valence-corrected chi connectivity index (χ0v) is 20.2. The number of aliphatic carboxylic acids is 1. The summed E-state index contributed by atoms with van der Waals surface area (Å²) in [6.07, 6.45) is -0.398. The van der Waals surface area contributed by atoms with Crippen LogP contribution in [-0.2, 0) is 30.9 Å². The number of ether oxygens (including phenoxy) is 3. The number of hydrogen-bond donors (Lipinski definition) is 2. The smallest absolute Gasteiger partial charge is 0.327 e. The summed E-state index contributed by atoms with van der Waals surface area (Å²) in [5, 5.41) is 10.4. The SMILES string of the molecule is O=C(O)C1(NS(=O)(=O)c2ccc(Oc3ccc(Cl)cc3)cc2)CCC(OCc2ccccc2)OC1. The van der Waals surface area contributed by atoms with Crippen molar-refractivity contribution in [3.8, 4) is 11.5 Å². The van der Waals surface area contributed by atoms with E-state index in [1.807, 2.05) is 30.3 Å². The van der Waals surface area contributed by atoms with Crippen LogP contribution in [0.25, 0.3) is 0 Å². The average Bonchev–Trinajstić information content (AvgIpc) is 2.86. The summed E-state index contributed by atoms with van der Waals surface area (Å²) in [7, 11) is -4.16. The van der Waals surface area contributed by atoms with Crippen molar-refractivity contribution in [3.05, 3.63) is 89.4 Å². The maximum atomic E-state index is 13.0. The van der Waals surface area contributed by atoms with E-state index in [0.29, 0.717) is 23.1 Å². The van der Waals surface area contributed by atoms with Crippen molar-refractivity contribution in [2.75, 3.05) is 6.61 Å². The molecule has 4 rings (SSSR count). The molecule has 0 amide bonds. The standard InChI is InChI=1S/C25H24ClNO7S/c26-19-6-8-20(9-7-19)34-21-10-12-22(13-11-21)35(30,31)27-25(24(28)29)15-14-23(33-17-25)32-16-18-4-2-1-3-5-18/h1-13,23,27H,14-17H2,(H,28,29). The minimum atomic E-state index is -4.16. The third kappa shape index (κ3) is 6.39. The van der Waals surface area contributed by atoms with Gasteiger partial charge in [-0.1, -0.05) is 41.9 Å². The summed E-state index contributed by atoms with van der Waals surface area (Å²) in [5.74, 6) is -0.361. The maximum Gasteiger partial charge on any atom is 0.327 e. The number of carboxylic acids is 1. The molecule has 1 fully saturated rings. The van der Waals surface area contributed by atoms with E-state index in [-0.39, 0.29) is 24.3 Å². The molecular weight excluding hydrogens is 494 g/mol. The van der Waals surface area contributed by atoms with Gasteiger partial charge in [0.25, 0.3) is 0 Å². The van der Waals surface area contributed by atoms with Gasteiger partial charge in [-0.25, -0.2) is 8.42 Å². The van der Waals surface area contributed by atoms with Gasteiger partial charge < -0.3 is 19.3 Å². The molecule has 184 valence electrons. The van der Waals surface area contributed by atoms with Gasteiger partial charge in [-0.2, -0.15) is 4.72 Å². The molecule has 3 aromatic rings. The molecule has 3 aromatic carbocycles. The Balaban J connectivity index is 1.39. The summed E-state index contributed by atoms with van der Waals surface area (Å²) in [4.78, 5) is 12.0. The Labute approximate surface area is 208 Å². The fourth-order valence-electron chi connectivity index (χ4n) is 3.58. The summed E-state index contributed by atoms with van der Waals surface area (Å²) in [5.41, 5.74) is -0.848. The number of benzene rings is 3. The predicted molar refractivity (Wildman–Crippen MR) is 129 cm³/mol. The van der Waals surface area contributed by atoms with Crippen molar-refractivity contribution in [2.24, 2.45) is 0 Å². The van der Waals surface area contributed by atoms with Crippen LogP contribution in [0.2, 0.25) is 5.02 Å². The topological polar surface area (TPSA) is 111 Å². The largest absolute Gasteiger partial charge is 0.480 e. The molecule has 35 heavy (non-hydrogen) atoms. The van der Waals surface area contributed by atoms with Crippen molar-refractivity contribution >= 4 is 27.6 Å². The molecule has 0 aromatic heterocycles. The highest BCUT2D eigenvalue weighted by molar-refractivity contribution is 7.89. The van der Waals surface area contributed by atoms with E-state index >= 15 is 0 Å². The van der Waals surface area contributed by atoms with Gasteiger partial charge in [0.1, 0.15) is 11.5 Å². The summed E-state index contributed by atoms with van der Waals surface area (Å²) < 4.78 is 45.3. The zero-order chi connectivity index (χ0) is 24.9. The van der Waals surface area contributed by atoms with E-state index in [1.54, 1.807) is 24.3 Å². The number of halogens is 1. The highest BCUT2D eigenvalue weighted by atomic mass is 35.5. The average molecular weight is 518 g/mol. The van der Waals surface area contributed by atoms with Gasteiger partial charge in [0.2, 0.25) is 10.0 Å². The van der Waals surface area contributed by atoms with Crippen LogP contribution >= 0.6 is 11.6 Å². The number of carboxylic acid groups (broad SMARTS) is 1. The van der Waals surface area contributed by atoms with Crippen LogP contribution in [0, 0.1) is 0 Å². The van der Waals surface area contributed by atoms with Crippen LogP contribution in [0.15, 0.2) is 83.8 Å². The van der Waals surface area contributed by atoms with E-state index in [9.17, 15) is 18.3 Å². The summed E-state index contributed by atoms with van der Waals surface area (Å²) >= 11 is 5.86. The van der Waals surface area contributed by atoms with Crippen molar-refractivity contribution in [2.45, 2.75) is 36.2 Å². The van der Waals surface area contributed by atoms with Crippen LogP contribution in [0.4, 0.5) is 0 Å². The fraction of sp³-hybridized carbons (Fsp3) is 0.240. The number of rotatable bonds is 9. The highest BCUT2D eigenvalue weighted by Gasteiger charge is 2.46. The van der Waals surface area contributed by atoms with Crippen LogP contribution < -0.4 is 9.46 Å². The lowest BCUT2D eigenvalue weighted by molar-refractivity contribution is -0.195. The molecule has 1 aliphatic heterocycles. The molecule has 0 bridgehead atoms. The van der Waals surface area contributed by atoms with E-state index in [0.717, 1.165) is 5.56 Å². The van der Waals surface area contributed by atoms with Gasteiger partial charge in [0.15, 0.2) is 11.8 Å². The first-order valence-corrected chi connectivity index (χ1v) is 12.7. The van der Waals surface area contributed by atoms with Crippen LogP contribution in [0.5, 0.6) is 11.5 Å². The van der Waals surface area contributed by atoms with Crippen LogP contribution in [0.3, 0.4) is 0 Å². The Hall–Kier alpha value is -2.95. The van der Waals surface area contributed by atoms with Gasteiger partial charge >= 0.3 is 5.97 Å². The molecule has 0 spiro atoms. The van der Waals surface area contributed by atoms with Gasteiger partial charge in [-0.05, 0) is 60.5 Å². The molecule has 1 aliphatic rings. The Morgan fingerprint density at radius 2 is 1.66 bits per heavy atom. The number of hydrogen-bond acceptors (Lipinski definition) is 6. The summed E-state index contributed by atoms with van der Waals surface area (Å²) in [6.45, 7) is -0.0550. The second-order valence-corrected chi connectivity index (χ2v) is 10.2. The predicted octanol–water partition coefficient (Wildman–Crippen LogP) is 4.59. The first-order chi connectivity index (χ1) is 16.8. The van der Waals surface area contributed by atoms with Crippen molar-refractivity contribution in [1.82, 2.24) is 4.72 Å². The number of sulfonamides is 1. The maximum absolute atomic E-state index is 13.0. The molecule has 8 nitrogen and oxygen atoms in total. The minimum absolute atomic E-state index is 0.0127. The molecule has 0 radical (unpaired) electrons. The second-order valence-electron chi connectivity index (χ2n) is 8.10. The molecule has 0 aliphatic carbocycles. The Morgan fingerprint density at radius 3 is 2.23 bits per heavy atom. The molecule has 10 heteroatoms. The minimum Gasteiger partial charge on any atom is -0.480 e. The Morgan fingerprint density at radius 1 is 1.03 bits per heavy atom. The van der Waals surface area contributed by atoms with E-state index < -0.39 is 27.8 Å². The first kappa shape index (κ1) is 25.2.